The molecule has 5 aromatic heterocycles. The Kier molecular flexibility index (Phi) is 5.94. The van der Waals surface area contributed by atoms with E-state index in [1.807, 2.05) is 49.1 Å². The highest BCUT2D eigenvalue weighted by molar-refractivity contribution is 6.01. The van der Waals surface area contributed by atoms with E-state index >= 15 is 0 Å². The van der Waals surface area contributed by atoms with Gasteiger partial charge in [-0.15, -0.1) is 0 Å². The number of anilines is 1. The predicted octanol–water partition coefficient (Wildman–Crippen LogP) is 7.35. The van der Waals surface area contributed by atoms with Crippen molar-refractivity contribution >= 4 is 27.5 Å². The van der Waals surface area contributed by atoms with Crippen LogP contribution in [0, 0.1) is 0 Å². The quantitative estimate of drug-likeness (QED) is 0.209. The van der Waals surface area contributed by atoms with E-state index in [0.29, 0.717) is 0 Å². The third kappa shape index (κ3) is 4.47. The third-order valence-electron chi connectivity index (χ3n) is 6.49. The number of allylic oxidation sites excluding steroid dienone is 1. The molecule has 0 saturated heterocycles. The zero-order valence-electron chi connectivity index (χ0n) is 20.6. The normalized spacial score (nSPS) is 11.3. The summed E-state index contributed by atoms with van der Waals surface area (Å²) in [5.74, 6) is 0. The first-order chi connectivity index (χ1) is 18.2. The summed E-state index contributed by atoms with van der Waals surface area (Å²) in [5, 5.41) is 13.2. The number of rotatable bonds is 8. The van der Waals surface area contributed by atoms with Gasteiger partial charge in [0, 0.05) is 45.5 Å². The highest BCUT2D eigenvalue weighted by Crippen LogP contribution is 2.34. The van der Waals surface area contributed by atoms with Crippen molar-refractivity contribution in [2.45, 2.75) is 26.2 Å². The molecule has 0 saturated carbocycles. The van der Waals surface area contributed by atoms with Gasteiger partial charge >= 0.3 is 0 Å². The first-order valence-corrected chi connectivity index (χ1v) is 12.5. The van der Waals surface area contributed by atoms with Gasteiger partial charge in [-0.25, -0.2) is 0 Å². The van der Waals surface area contributed by atoms with Gasteiger partial charge in [-0.2, -0.15) is 5.10 Å². The first kappa shape index (κ1) is 22.7. The molecule has 1 aromatic carbocycles. The molecule has 7 heteroatoms. The fourth-order valence-electron chi connectivity index (χ4n) is 4.61. The maximum atomic E-state index is 4.67. The summed E-state index contributed by atoms with van der Waals surface area (Å²) in [4.78, 5) is 17.2. The molecule has 0 aliphatic rings. The molecular weight excluding hydrogens is 458 g/mol. The number of pyridine rings is 3. The van der Waals surface area contributed by atoms with Crippen molar-refractivity contribution in [2.75, 3.05) is 5.32 Å². The summed E-state index contributed by atoms with van der Waals surface area (Å²) in [5.41, 5.74) is 9.36. The zero-order chi connectivity index (χ0) is 25.2. The monoisotopic (exact) mass is 485 g/mol. The molecule has 0 atom stereocenters. The number of hydrogen-bond donors (Lipinski definition) is 3. The Morgan fingerprint density at radius 1 is 0.919 bits per heavy atom. The summed E-state index contributed by atoms with van der Waals surface area (Å²) in [6, 6.07) is 18.4. The van der Waals surface area contributed by atoms with E-state index in [-0.39, 0.29) is 0 Å². The van der Waals surface area contributed by atoms with E-state index in [9.17, 15) is 0 Å². The number of aromatic amines is 2. The van der Waals surface area contributed by atoms with Crippen LogP contribution in [0.5, 0.6) is 0 Å². The molecule has 0 aliphatic carbocycles. The minimum Gasteiger partial charge on any atom is -0.358 e. The van der Waals surface area contributed by atoms with Gasteiger partial charge in [-0.3, -0.25) is 20.1 Å². The average Bonchev–Trinajstić information content (AvgIpc) is 3.56. The summed E-state index contributed by atoms with van der Waals surface area (Å²) in [7, 11) is 0. The van der Waals surface area contributed by atoms with Gasteiger partial charge in [-0.1, -0.05) is 38.1 Å². The minimum absolute atomic E-state index is 0.829. The molecule has 7 nitrogen and oxygen atoms in total. The van der Waals surface area contributed by atoms with Gasteiger partial charge in [0.15, 0.2) is 0 Å². The van der Waals surface area contributed by atoms with Crippen molar-refractivity contribution in [1.29, 1.82) is 0 Å². The molecule has 6 aromatic rings. The van der Waals surface area contributed by atoms with Gasteiger partial charge < -0.3 is 10.3 Å². The van der Waals surface area contributed by atoms with E-state index in [0.717, 1.165) is 86.4 Å². The van der Waals surface area contributed by atoms with Crippen LogP contribution in [0.2, 0.25) is 0 Å². The Morgan fingerprint density at radius 3 is 2.73 bits per heavy atom. The second kappa shape index (κ2) is 9.70. The van der Waals surface area contributed by atoms with Crippen molar-refractivity contribution in [2.24, 2.45) is 0 Å². The molecule has 0 amide bonds. The molecule has 0 unspecified atom stereocenters. The van der Waals surface area contributed by atoms with Crippen molar-refractivity contribution in [3.8, 4) is 33.9 Å². The lowest BCUT2D eigenvalue weighted by Crippen LogP contribution is -1.99. The lowest BCUT2D eigenvalue weighted by Gasteiger charge is -2.10. The number of unbranched alkanes of at least 4 members (excludes halogenated alkanes) is 1. The molecule has 3 N–H and O–H groups in total. The van der Waals surface area contributed by atoms with Crippen LogP contribution in [0.15, 0.2) is 91.7 Å². The van der Waals surface area contributed by atoms with Crippen LogP contribution in [0.1, 0.15) is 26.2 Å². The van der Waals surface area contributed by atoms with E-state index in [4.69, 9.17) is 0 Å². The third-order valence-corrected chi connectivity index (χ3v) is 6.49. The van der Waals surface area contributed by atoms with Crippen LogP contribution in [0.3, 0.4) is 0 Å². The Balaban J connectivity index is 1.37. The molecule has 0 radical (unpaired) electrons. The number of aromatic nitrogens is 6. The van der Waals surface area contributed by atoms with Crippen LogP contribution in [-0.4, -0.2) is 30.1 Å². The van der Waals surface area contributed by atoms with Crippen LogP contribution in [0.25, 0.3) is 55.7 Å². The number of fused-ring (bicyclic) bond motifs is 2. The molecule has 0 aliphatic heterocycles. The largest absolute Gasteiger partial charge is 0.358 e. The minimum atomic E-state index is 0.829. The summed E-state index contributed by atoms with van der Waals surface area (Å²) < 4.78 is 0. The van der Waals surface area contributed by atoms with Crippen molar-refractivity contribution < 1.29 is 0 Å². The van der Waals surface area contributed by atoms with E-state index < -0.39 is 0 Å². The van der Waals surface area contributed by atoms with E-state index in [1.165, 1.54) is 0 Å². The summed E-state index contributed by atoms with van der Waals surface area (Å²) >= 11 is 0. The number of nitrogens with one attached hydrogen (secondary N) is 3. The number of H-pyrrole nitrogens is 2. The maximum Gasteiger partial charge on any atom is 0.116 e. The van der Waals surface area contributed by atoms with Gasteiger partial charge in [0.2, 0.25) is 0 Å². The average molecular weight is 486 g/mol. The smallest absolute Gasteiger partial charge is 0.116 e. The Morgan fingerprint density at radius 2 is 1.86 bits per heavy atom. The SMILES string of the molecule is C=C(CCCC)Nc1cncc(-c2cc3c(-c4cc5c(-c6ccccn6)cccc5[nH]4)n[nH]c3cn2)c1. The number of benzene rings is 1. The topological polar surface area (TPSA) is 95.2 Å². The highest BCUT2D eigenvalue weighted by Gasteiger charge is 2.15. The van der Waals surface area contributed by atoms with Crippen molar-refractivity contribution in [3.63, 3.8) is 0 Å². The predicted molar refractivity (Wildman–Crippen MR) is 150 cm³/mol. The standard InChI is InChI=1S/C30H27N7/c1-3-4-8-19(2)34-21-13-20(16-31-17-21)27-15-24-29(18-33-27)36-37-30(24)28-14-23-22(9-7-11-26(23)35-28)25-10-5-6-12-32-25/h5-7,9-18,34-35H,2-4,8H2,1H3,(H,36,37). The summed E-state index contributed by atoms with van der Waals surface area (Å²) in [6.45, 7) is 6.32. The molecule has 37 heavy (non-hydrogen) atoms. The Bertz CT molecular complexity index is 1710. The molecule has 5 heterocycles. The van der Waals surface area contributed by atoms with E-state index in [2.05, 4.69) is 79.3 Å². The van der Waals surface area contributed by atoms with E-state index in [1.54, 1.807) is 0 Å². The molecular formula is C30H27N7. The second-order valence-corrected chi connectivity index (χ2v) is 9.15. The molecule has 182 valence electrons. The Labute approximate surface area is 214 Å². The molecule has 0 spiro atoms. The highest BCUT2D eigenvalue weighted by atomic mass is 15.1. The lowest BCUT2D eigenvalue weighted by atomic mass is 10.1. The molecule has 0 bridgehead atoms. The van der Waals surface area contributed by atoms with Crippen LogP contribution in [0.4, 0.5) is 5.69 Å². The second-order valence-electron chi connectivity index (χ2n) is 9.15. The Hall–Kier alpha value is -4.78. The first-order valence-electron chi connectivity index (χ1n) is 12.5. The van der Waals surface area contributed by atoms with Gasteiger partial charge in [0.1, 0.15) is 5.69 Å². The molecule has 0 fully saturated rings. The fraction of sp³-hybridized carbons (Fsp3) is 0.133. The lowest BCUT2D eigenvalue weighted by molar-refractivity contribution is 0.791. The zero-order valence-corrected chi connectivity index (χ0v) is 20.6. The van der Waals surface area contributed by atoms with Crippen LogP contribution < -0.4 is 5.32 Å². The number of nitrogens with zero attached hydrogens (tertiary/aromatic N) is 4. The summed E-state index contributed by atoms with van der Waals surface area (Å²) in [6.07, 6.45) is 10.5. The molecule has 6 rings (SSSR count). The van der Waals surface area contributed by atoms with Crippen LogP contribution in [-0.2, 0) is 0 Å². The number of hydrogen-bond acceptors (Lipinski definition) is 5. The maximum absolute atomic E-state index is 4.67. The van der Waals surface area contributed by atoms with Crippen molar-refractivity contribution in [3.05, 3.63) is 91.7 Å². The van der Waals surface area contributed by atoms with Crippen molar-refractivity contribution in [1.82, 2.24) is 30.1 Å². The fourth-order valence-corrected chi connectivity index (χ4v) is 4.61. The van der Waals surface area contributed by atoms with Crippen LogP contribution >= 0.6 is 0 Å². The van der Waals surface area contributed by atoms with Gasteiger partial charge in [0.25, 0.3) is 0 Å². The van der Waals surface area contributed by atoms with Gasteiger partial charge in [-0.05, 0) is 49.2 Å². The van der Waals surface area contributed by atoms with Gasteiger partial charge in [0.05, 0.1) is 40.7 Å².